The molecule has 10 aromatic rings. The van der Waals surface area contributed by atoms with E-state index in [1.165, 1.54) is 87.9 Å². The molecule has 4 heterocycles. The van der Waals surface area contributed by atoms with Crippen LogP contribution in [0.15, 0.2) is 133 Å². The van der Waals surface area contributed by atoms with Gasteiger partial charge >= 0.3 is 0 Å². The van der Waals surface area contributed by atoms with Crippen LogP contribution in [0.4, 0.5) is 0 Å². The van der Waals surface area contributed by atoms with Crippen LogP contribution in [0.1, 0.15) is 26.5 Å². The van der Waals surface area contributed by atoms with Crippen molar-refractivity contribution in [3.63, 3.8) is 0 Å². The molecule has 0 aliphatic rings. The Morgan fingerprint density at radius 2 is 0.978 bits per heavy atom. The van der Waals surface area contributed by atoms with E-state index < -0.39 is 0 Å². The summed E-state index contributed by atoms with van der Waals surface area (Å²) in [6.45, 7) is 7.00. The zero-order chi connectivity index (χ0) is 30.0. The minimum Gasteiger partial charge on any atom is -0.312 e. The Labute approximate surface area is 260 Å². The van der Waals surface area contributed by atoms with E-state index in [1.807, 2.05) is 0 Å². The monoisotopic (exact) mass is 577 g/mol. The van der Waals surface area contributed by atoms with E-state index >= 15 is 0 Å². The van der Waals surface area contributed by atoms with Gasteiger partial charge in [0.15, 0.2) is 0 Å². The average Bonchev–Trinajstić information content (AvgIpc) is 3.79. The normalized spacial score (nSPS) is 12.8. The van der Waals surface area contributed by atoms with Gasteiger partial charge in [-0.15, -0.1) is 0 Å². The molecule has 4 aromatic heterocycles. The summed E-state index contributed by atoms with van der Waals surface area (Å²) in [4.78, 5) is 0. The molecule has 0 atom stereocenters. The smallest absolute Gasteiger partial charge is 0.0618 e. The quantitative estimate of drug-likeness (QED) is 0.194. The van der Waals surface area contributed by atoms with E-state index in [4.69, 9.17) is 0 Å². The van der Waals surface area contributed by atoms with E-state index in [0.29, 0.717) is 0 Å². The van der Waals surface area contributed by atoms with Gasteiger partial charge in [-0.3, -0.25) is 0 Å². The van der Waals surface area contributed by atoms with Crippen LogP contribution in [0.2, 0.25) is 0 Å². The molecule has 3 nitrogen and oxygen atoms in total. The molecule has 214 valence electrons. The van der Waals surface area contributed by atoms with Crippen LogP contribution < -0.4 is 0 Å². The highest BCUT2D eigenvalue weighted by Gasteiger charge is 2.28. The van der Waals surface area contributed by atoms with Gasteiger partial charge in [-0.1, -0.05) is 93.6 Å². The van der Waals surface area contributed by atoms with E-state index in [-0.39, 0.29) is 5.41 Å². The first-order chi connectivity index (χ1) is 22.0. The minimum absolute atomic E-state index is 0.0354. The number of hydrogen-bond acceptors (Lipinski definition) is 0. The fraction of sp³-hybridized carbons (Fsp3) is 0.0952. The third-order valence-electron chi connectivity index (χ3n) is 9.82. The maximum atomic E-state index is 2.57. The molecular weight excluding hydrogens is 546 g/mol. The Hall–Kier alpha value is -5.54. The summed E-state index contributed by atoms with van der Waals surface area (Å²) in [5.41, 5.74) is 11.2. The molecule has 0 amide bonds. The fourth-order valence-electron chi connectivity index (χ4n) is 7.98. The summed E-state index contributed by atoms with van der Waals surface area (Å²) in [5, 5.41) is 9.10. The van der Waals surface area contributed by atoms with Crippen molar-refractivity contribution in [1.82, 2.24) is 13.5 Å². The van der Waals surface area contributed by atoms with Crippen LogP contribution in [0, 0.1) is 0 Å². The van der Waals surface area contributed by atoms with Crippen LogP contribution in [-0.2, 0) is 5.41 Å². The van der Waals surface area contributed by atoms with Crippen molar-refractivity contribution in [2.75, 3.05) is 0 Å². The molecule has 3 heteroatoms. The number of rotatable bonds is 2. The van der Waals surface area contributed by atoms with Crippen molar-refractivity contribution in [3.8, 4) is 11.4 Å². The number of nitrogens with zero attached hydrogens (tertiary/aromatic N) is 3. The van der Waals surface area contributed by atoms with Crippen LogP contribution in [-0.4, -0.2) is 13.5 Å². The SMILES string of the molecule is CC(C)(C)c1cc2cc3c(c4ccccc4n3-c3ccccc3)c3c4cc5c(cc4n1c23)c1ccccc1n5-c1ccccc1. The second kappa shape index (κ2) is 8.55. The van der Waals surface area contributed by atoms with Gasteiger partial charge in [0.1, 0.15) is 0 Å². The van der Waals surface area contributed by atoms with Crippen molar-refractivity contribution >= 4 is 70.8 Å². The third-order valence-corrected chi connectivity index (χ3v) is 9.82. The summed E-state index contributed by atoms with van der Waals surface area (Å²) >= 11 is 0. The molecule has 0 saturated heterocycles. The zero-order valence-electron chi connectivity index (χ0n) is 25.5. The van der Waals surface area contributed by atoms with Gasteiger partial charge in [0.25, 0.3) is 0 Å². The first kappa shape index (κ1) is 24.9. The van der Waals surface area contributed by atoms with Crippen LogP contribution in [0.3, 0.4) is 0 Å². The Bertz CT molecular complexity index is 2770. The standard InChI is InChI=1S/C42H31N3/c1-42(2,3)38-23-26-22-37-39(30-19-11-13-21-34(30)44(37)28-16-8-5-9-17-28)40-32-25-35-31(24-36(32)45(38)41(26)40)29-18-10-12-20-33(29)43(35)27-14-6-4-7-15-27/h4-25H,1-3H3. The van der Waals surface area contributed by atoms with Crippen molar-refractivity contribution in [1.29, 1.82) is 0 Å². The lowest BCUT2D eigenvalue weighted by Crippen LogP contribution is -2.13. The molecule has 0 spiro atoms. The molecular formula is C42H31N3. The molecule has 45 heavy (non-hydrogen) atoms. The first-order valence-electron chi connectivity index (χ1n) is 15.8. The molecule has 0 radical (unpaired) electrons. The topological polar surface area (TPSA) is 14.3 Å². The minimum atomic E-state index is -0.0354. The van der Waals surface area contributed by atoms with Gasteiger partial charge in [-0.2, -0.15) is 0 Å². The number of aromatic nitrogens is 3. The number of fused-ring (bicyclic) bond motifs is 10. The number of benzene rings is 6. The van der Waals surface area contributed by atoms with E-state index in [2.05, 4.69) is 168 Å². The highest BCUT2D eigenvalue weighted by molar-refractivity contribution is 6.33. The van der Waals surface area contributed by atoms with Crippen molar-refractivity contribution in [2.45, 2.75) is 26.2 Å². The van der Waals surface area contributed by atoms with Crippen LogP contribution in [0.25, 0.3) is 82.2 Å². The molecule has 0 saturated carbocycles. The molecule has 0 unspecified atom stereocenters. The van der Waals surface area contributed by atoms with Crippen molar-refractivity contribution < 1.29 is 0 Å². The average molecular weight is 578 g/mol. The Morgan fingerprint density at radius 3 is 1.64 bits per heavy atom. The highest BCUT2D eigenvalue weighted by atomic mass is 15.0. The summed E-state index contributed by atoms with van der Waals surface area (Å²) in [7, 11) is 0. The molecule has 10 rings (SSSR count). The summed E-state index contributed by atoms with van der Waals surface area (Å²) in [6.07, 6.45) is 0. The molecule has 0 N–H and O–H groups in total. The predicted octanol–water partition coefficient (Wildman–Crippen LogP) is 11.2. The predicted molar refractivity (Wildman–Crippen MR) is 191 cm³/mol. The van der Waals surface area contributed by atoms with Gasteiger partial charge in [0.05, 0.1) is 33.1 Å². The second-order valence-corrected chi connectivity index (χ2v) is 13.5. The van der Waals surface area contributed by atoms with Gasteiger partial charge in [-0.05, 0) is 60.7 Å². The van der Waals surface area contributed by atoms with Gasteiger partial charge in [-0.25, -0.2) is 0 Å². The van der Waals surface area contributed by atoms with Gasteiger partial charge < -0.3 is 13.5 Å². The van der Waals surface area contributed by atoms with Crippen LogP contribution >= 0.6 is 0 Å². The first-order valence-corrected chi connectivity index (χ1v) is 15.8. The molecule has 0 aliphatic heterocycles. The summed E-state index contributed by atoms with van der Waals surface area (Å²) in [6, 6.07) is 49.1. The van der Waals surface area contributed by atoms with E-state index in [0.717, 1.165) is 0 Å². The van der Waals surface area contributed by atoms with Crippen molar-refractivity contribution in [2.24, 2.45) is 0 Å². The summed E-state index contributed by atoms with van der Waals surface area (Å²) < 4.78 is 7.46. The van der Waals surface area contributed by atoms with E-state index in [1.54, 1.807) is 0 Å². The molecule has 0 fully saturated rings. The lowest BCUT2D eigenvalue weighted by molar-refractivity contribution is 0.567. The lowest BCUT2D eigenvalue weighted by Gasteiger charge is -2.18. The largest absolute Gasteiger partial charge is 0.312 e. The third kappa shape index (κ3) is 3.20. The lowest BCUT2D eigenvalue weighted by atomic mass is 9.92. The zero-order valence-corrected chi connectivity index (χ0v) is 25.5. The van der Waals surface area contributed by atoms with Crippen molar-refractivity contribution in [3.05, 3.63) is 139 Å². The Kier molecular flexibility index (Phi) is 4.72. The molecule has 0 bridgehead atoms. The van der Waals surface area contributed by atoms with Gasteiger partial charge in [0.2, 0.25) is 0 Å². The maximum absolute atomic E-state index is 2.57. The maximum Gasteiger partial charge on any atom is 0.0618 e. The molecule has 6 aromatic carbocycles. The highest BCUT2D eigenvalue weighted by Crippen LogP contribution is 2.47. The Balaban J connectivity index is 1.49. The summed E-state index contributed by atoms with van der Waals surface area (Å²) in [5.74, 6) is 0. The number of hydrogen-bond donors (Lipinski definition) is 0. The Morgan fingerprint density at radius 1 is 0.422 bits per heavy atom. The second-order valence-electron chi connectivity index (χ2n) is 13.5. The molecule has 0 aliphatic carbocycles. The van der Waals surface area contributed by atoms with Gasteiger partial charge in [0, 0.05) is 60.2 Å². The van der Waals surface area contributed by atoms with Crippen LogP contribution in [0.5, 0.6) is 0 Å². The fourth-order valence-corrected chi connectivity index (χ4v) is 7.98. The van der Waals surface area contributed by atoms with E-state index in [9.17, 15) is 0 Å². The number of para-hydroxylation sites is 4.